The van der Waals surface area contributed by atoms with Gasteiger partial charge in [-0.25, -0.2) is 4.79 Å². The van der Waals surface area contributed by atoms with Crippen LogP contribution in [0.4, 0.5) is 4.79 Å². The van der Waals surface area contributed by atoms with Gasteiger partial charge in [-0.1, -0.05) is 324 Å². The standard InChI is InChI=1S/C83H164N4O17P2.2Na/c1-7-13-19-25-29-33-35-39-41-47-53-59-79(88)86-75(71-97-67-63-77(57-51-45-23-17-11-5)103-81(90)61-55-49-43-37-31-27-21-15-9-3)73-101-105(93,94)99-69-65-84-83(92)85-66-70-100-106(95,96)102-74-76(87-80(89)60-54-48-42-40-36-34-30-26-20-14-8-2)72-98-68-64-78(58-52-46-24-18-12-6)104-82(91)62-56-50-44-38-32-28-22-16-10-4;;/h75-78H,7-74H2,1-6H3,(H,86,88)(H,87,89)(H,93,94)(H,95,96)(H2,84,85,92);;/q;2*+1/p-2/t75?,76?,77-,78-;;/m1../s1. The van der Waals surface area contributed by atoms with Gasteiger partial charge in [-0.15, -0.1) is 0 Å². The van der Waals surface area contributed by atoms with Gasteiger partial charge in [0.05, 0.1) is 64.9 Å². The minimum Gasteiger partial charge on any atom is -0.756 e. The predicted octanol–water partition coefficient (Wildman–Crippen LogP) is 14.9. The maximum absolute atomic E-state index is 13.3. The Kier molecular flexibility index (Phi) is 86.9. The molecule has 0 heterocycles. The summed E-state index contributed by atoms with van der Waals surface area (Å²) in [7, 11) is -9.92. The monoisotopic (exact) mass is 1600 g/mol. The van der Waals surface area contributed by atoms with E-state index in [1.54, 1.807) is 0 Å². The zero-order chi connectivity index (χ0) is 77.8. The molecule has 0 saturated heterocycles. The van der Waals surface area contributed by atoms with Crippen LogP contribution in [0.5, 0.6) is 0 Å². The van der Waals surface area contributed by atoms with Crippen molar-refractivity contribution in [2.45, 2.75) is 438 Å². The van der Waals surface area contributed by atoms with Gasteiger partial charge < -0.3 is 68.1 Å². The van der Waals surface area contributed by atoms with Crippen molar-refractivity contribution in [1.29, 1.82) is 0 Å². The van der Waals surface area contributed by atoms with Crippen molar-refractivity contribution < 1.29 is 139 Å². The second kappa shape index (κ2) is 84.2. The van der Waals surface area contributed by atoms with E-state index in [-0.39, 0.29) is 147 Å². The van der Waals surface area contributed by atoms with Gasteiger partial charge in [-0.2, -0.15) is 0 Å². The minimum absolute atomic E-state index is 0. The van der Waals surface area contributed by atoms with Gasteiger partial charge in [0.2, 0.25) is 11.8 Å². The number of ether oxygens (including phenoxy) is 4. The Morgan fingerprint density at radius 3 is 0.806 bits per heavy atom. The number of phosphoric acid groups is 2. The third-order valence-electron chi connectivity index (χ3n) is 19.5. The van der Waals surface area contributed by atoms with Crippen molar-refractivity contribution >= 4 is 45.4 Å². The maximum atomic E-state index is 13.3. The molecule has 0 radical (unpaired) electrons. The number of phosphoric ester groups is 2. The molecule has 21 nitrogen and oxygen atoms in total. The summed E-state index contributed by atoms with van der Waals surface area (Å²) in [6.45, 7) is 11.1. The number of hydrogen-bond donors (Lipinski definition) is 4. The number of amides is 4. The number of rotatable bonds is 84. The molecular weight excluding hydrogens is 1430 g/mol. The molecule has 4 amide bonds. The first-order valence-electron chi connectivity index (χ1n) is 43.9. The van der Waals surface area contributed by atoms with E-state index in [2.05, 4.69) is 62.8 Å². The summed E-state index contributed by atoms with van der Waals surface area (Å²) in [4.78, 5) is 91.4. The van der Waals surface area contributed by atoms with Crippen LogP contribution in [0, 0.1) is 0 Å². The van der Waals surface area contributed by atoms with E-state index in [1.165, 1.54) is 167 Å². The predicted molar refractivity (Wildman–Crippen MR) is 428 cm³/mol. The summed E-state index contributed by atoms with van der Waals surface area (Å²) in [6, 6.07) is -2.45. The van der Waals surface area contributed by atoms with Gasteiger partial charge in [0, 0.05) is 51.6 Å². The Hall–Kier alpha value is -0.710. The van der Waals surface area contributed by atoms with Crippen molar-refractivity contribution in [3.8, 4) is 0 Å². The summed E-state index contributed by atoms with van der Waals surface area (Å²) in [5, 5.41) is 10.7. The van der Waals surface area contributed by atoms with Crippen molar-refractivity contribution in [1.82, 2.24) is 21.3 Å². The third-order valence-corrected chi connectivity index (χ3v) is 21.4. The van der Waals surface area contributed by atoms with Crippen LogP contribution in [-0.4, -0.2) is 120 Å². The first kappa shape index (κ1) is 111. The van der Waals surface area contributed by atoms with Crippen molar-refractivity contribution in [3.63, 3.8) is 0 Å². The van der Waals surface area contributed by atoms with Gasteiger partial charge in [0.25, 0.3) is 15.6 Å². The summed E-state index contributed by atoms with van der Waals surface area (Å²) in [5.41, 5.74) is 0. The summed E-state index contributed by atoms with van der Waals surface area (Å²) >= 11 is 0. The number of unbranched alkanes of at least 4 members (excludes halogenated alkanes) is 44. The molecule has 6 atom stereocenters. The molecule has 0 aromatic heterocycles. The molecule has 0 bridgehead atoms. The molecule has 25 heteroatoms. The van der Waals surface area contributed by atoms with E-state index < -0.39 is 60.2 Å². The third kappa shape index (κ3) is 80.5. The van der Waals surface area contributed by atoms with E-state index in [0.29, 0.717) is 51.4 Å². The molecule has 0 aromatic carbocycles. The molecule has 0 fully saturated rings. The largest absolute Gasteiger partial charge is 1.00 e. The molecule has 0 rings (SSSR count). The first-order valence-corrected chi connectivity index (χ1v) is 46.8. The van der Waals surface area contributed by atoms with E-state index >= 15 is 0 Å². The van der Waals surface area contributed by atoms with Gasteiger partial charge in [0.15, 0.2) is 0 Å². The smallest absolute Gasteiger partial charge is 0.756 e. The zero-order valence-corrected chi connectivity index (χ0v) is 76.5. The Labute approximate surface area is 704 Å². The molecule has 0 aliphatic carbocycles. The van der Waals surface area contributed by atoms with Crippen LogP contribution < -0.4 is 90.2 Å². The van der Waals surface area contributed by atoms with Gasteiger partial charge in [-0.3, -0.25) is 28.3 Å². The van der Waals surface area contributed by atoms with E-state index in [1.807, 2.05) is 0 Å². The summed E-state index contributed by atoms with van der Waals surface area (Å²) < 4.78 is 70.9. The van der Waals surface area contributed by atoms with Gasteiger partial charge in [-0.05, 0) is 51.4 Å². The number of nitrogens with one attached hydrogen (secondary N) is 4. The van der Waals surface area contributed by atoms with Crippen LogP contribution in [0.25, 0.3) is 0 Å². The minimum atomic E-state index is -4.96. The van der Waals surface area contributed by atoms with E-state index in [9.17, 15) is 42.9 Å². The van der Waals surface area contributed by atoms with Crippen LogP contribution in [-0.2, 0) is 65.4 Å². The van der Waals surface area contributed by atoms with Crippen LogP contribution in [0.1, 0.15) is 414 Å². The summed E-state index contributed by atoms with van der Waals surface area (Å²) in [6.07, 6.45) is 59.5. The van der Waals surface area contributed by atoms with Gasteiger partial charge in [0.1, 0.15) is 12.2 Å². The van der Waals surface area contributed by atoms with Crippen LogP contribution in [0.3, 0.4) is 0 Å². The number of hydrogen-bond acceptors (Lipinski definition) is 17. The Morgan fingerprint density at radius 2 is 0.537 bits per heavy atom. The Morgan fingerprint density at radius 1 is 0.296 bits per heavy atom. The molecule has 0 aromatic rings. The fourth-order valence-corrected chi connectivity index (χ4v) is 14.4. The fourth-order valence-electron chi connectivity index (χ4n) is 12.9. The molecule has 0 aliphatic rings. The quantitative estimate of drug-likeness (QED) is 0.0190. The molecule has 0 aliphatic heterocycles. The molecule has 628 valence electrons. The topological polar surface area (TPSA) is 288 Å². The number of carbonyl (C=O) groups excluding carboxylic acids is 5. The average molecular weight is 1600 g/mol. The average Bonchev–Trinajstić information content (AvgIpc) is 0.915. The Bertz CT molecular complexity index is 1980. The van der Waals surface area contributed by atoms with E-state index in [0.717, 1.165) is 141 Å². The van der Waals surface area contributed by atoms with Crippen LogP contribution in [0.2, 0.25) is 0 Å². The molecule has 0 saturated carbocycles. The first-order chi connectivity index (χ1) is 51.5. The normalized spacial score (nSPS) is 13.6. The number of urea groups is 1. The van der Waals surface area contributed by atoms with Gasteiger partial charge >= 0.3 is 77.1 Å². The van der Waals surface area contributed by atoms with Crippen LogP contribution >= 0.6 is 15.6 Å². The molecule has 4 unspecified atom stereocenters. The maximum Gasteiger partial charge on any atom is 1.00 e. The van der Waals surface area contributed by atoms with Crippen molar-refractivity contribution in [2.75, 3.05) is 65.9 Å². The second-order valence-electron chi connectivity index (χ2n) is 29.9. The summed E-state index contributed by atoms with van der Waals surface area (Å²) in [5.74, 6) is -0.912. The number of esters is 2. The zero-order valence-electron chi connectivity index (χ0n) is 70.7. The molecule has 108 heavy (non-hydrogen) atoms. The molecular formula is C83H162N4Na2O17P2. The molecule has 4 N–H and O–H groups in total. The number of carbonyl (C=O) groups is 5. The Balaban J connectivity index is -0.0000551. The second-order valence-corrected chi connectivity index (χ2v) is 32.8. The molecule has 0 spiro atoms. The van der Waals surface area contributed by atoms with Crippen molar-refractivity contribution in [3.05, 3.63) is 0 Å². The fraction of sp³-hybridized carbons (Fsp3) is 0.940. The SMILES string of the molecule is CCCCCCCCCCCCCC(=O)NC(COCC[C@@H](CCCCCCC)OC(=O)CCCCCCCCCCC)COP(=O)([O-])OCCNC(=O)NCCOP(=O)([O-])OCC(COCC[C@@H](CCCCCCC)OC(=O)CCCCCCCCCCC)NC(=O)CCCCCCCCCCCCC.[Na+].[Na+]. The van der Waals surface area contributed by atoms with Crippen LogP contribution in [0.15, 0.2) is 0 Å². The van der Waals surface area contributed by atoms with Crippen molar-refractivity contribution in [2.24, 2.45) is 0 Å². The van der Waals surface area contributed by atoms with E-state index in [4.69, 9.17) is 37.0 Å².